The van der Waals surface area contributed by atoms with Crippen molar-refractivity contribution in [3.8, 4) is 0 Å². The van der Waals surface area contributed by atoms with Gasteiger partial charge >= 0.3 is 6.18 Å². The molecule has 2 nitrogen and oxygen atoms in total. The lowest BCUT2D eigenvalue weighted by Crippen LogP contribution is -2.32. The Morgan fingerprint density at radius 2 is 2.14 bits per heavy atom. The molecule has 2 N–H and O–H groups in total. The van der Waals surface area contributed by atoms with Crippen molar-refractivity contribution >= 4 is 0 Å². The molecule has 14 heavy (non-hydrogen) atoms. The van der Waals surface area contributed by atoms with E-state index in [1.165, 1.54) is 0 Å². The van der Waals surface area contributed by atoms with Crippen LogP contribution in [0.15, 0.2) is 0 Å². The fourth-order valence-corrected chi connectivity index (χ4v) is 1.71. The molecule has 84 valence electrons. The first kappa shape index (κ1) is 11.8. The normalized spacial score (nSPS) is 28.3. The molecule has 0 radical (unpaired) electrons. The summed E-state index contributed by atoms with van der Waals surface area (Å²) < 4.78 is 35.3. The van der Waals surface area contributed by atoms with Crippen LogP contribution in [0, 0.1) is 5.92 Å². The third-order valence-corrected chi connectivity index (χ3v) is 2.68. The van der Waals surface area contributed by atoms with E-state index in [2.05, 4.69) is 17.6 Å². The molecule has 1 rings (SSSR count). The van der Waals surface area contributed by atoms with E-state index < -0.39 is 12.6 Å². The molecule has 1 aliphatic heterocycles. The van der Waals surface area contributed by atoms with Gasteiger partial charge in [-0.1, -0.05) is 0 Å². The van der Waals surface area contributed by atoms with E-state index in [-0.39, 0.29) is 6.54 Å². The van der Waals surface area contributed by atoms with Crippen molar-refractivity contribution in [3.63, 3.8) is 0 Å². The van der Waals surface area contributed by atoms with Crippen LogP contribution in [0.2, 0.25) is 0 Å². The fraction of sp³-hybridized carbons (Fsp3) is 1.00. The molecular formula is C9H17F3N2. The highest BCUT2D eigenvalue weighted by atomic mass is 19.4. The predicted octanol–water partition coefficient (Wildman–Crippen LogP) is 1.53. The zero-order chi connectivity index (χ0) is 10.6. The SMILES string of the molecule is CC1NCCC1CNCCC(F)(F)F. The third kappa shape index (κ3) is 4.28. The molecule has 0 saturated carbocycles. The zero-order valence-corrected chi connectivity index (χ0v) is 8.32. The summed E-state index contributed by atoms with van der Waals surface area (Å²) in [6.45, 7) is 3.77. The van der Waals surface area contributed by atoms with Crippen LogP contribution in [0.5, 0.6) is 0 Å². The molecule has 1 heterocycles. The zero-order valence-electron chi connectivity index (χ0n) is 8.32. The van der Waals surface area contributed by atoms with Crippen molar-refractivity contribution in [1.82, 2.24) is 10.6 Å². The van der Waals surface area contributed by atoms with Crippen LogP contribution in [-0.4, -0.2) is 31.9 Å². The Kier molecular flexibility index (Phi) is 4.19. The molecule has 0 spiro atoms. The van der Waals surface area contributed by atoms with E-state index in [1.54, 1.807) is 0 Å². The standard InChI is InChI=1S/C9H17F3N2/c1-7-8(2-4-14-7)6-13-5-3-9(10,11)12/h7-8,13-14H,2-6H2,1H3. The molecule has 1 saturated heterocycles. The second-order valence-electron chi connectivity index (χ2n) is 3.86. The van der Waals surface area contributed by atoms with Gasteiger partial charge in [-0.25, -0.2) is 0 Å². The molecule has 0 aliphatic carbocycles. The van der Waals surface area contributed by atoms with Gasteiger partial charge in [-0.15, -0.1) is 0 Å². The first-order chi connectivity index (χ1) is 6.49. The molecule has 5 heteroatoms. The Bertz CT molecular complexity index is 170. The number of hydrogen-bond donors (Lipinski definition) is 2. The summed E-state index contributed by atoms with van der Waals surface area (Å²) in [5.74, 6) is 0.475. The number of rotatable bonds is 4. The minimum Gasteiger partial charge on any atom is -0.316 e. The minimum absolute atomic E-state index is 0.0344. The second kappa shape index (κ2) is 4.98. The summed E-state index contributed by atoms with van der Waals surface area (Å²) >= 11 is 0. The fourth-order valence-electron chi connectivity index (χ4n) is 1.71. The number of nitrogens with one attached hydrogen (secondary N) is 2. The third-order valence-electron chi connectivity index (χ3n) is 2.68. The van der Waals surface area contributed by atoms with Gasteiger partial charge in [0.1, 0.15) is 0 Å². The van der Waals surface area contributed by atoms with Gasteiger partial charge in [0.25, 0.3) is 0 Å². The van der Waals surface area contributed by atoms with Crippen molar-refractivity contribution in [2.24, 2.45) is 5.92 Å². The molecular weight excluding hydrogens is 193 g/mol. The summed E-state index contributed by atoms with van der Waals surface area (Å²) in [5.41, 5.74) is 0. The summed E-state index contributed by atoms with van der Waals surface area (Å²) in [4.78, 5) is 0. The molecule has 1 fully saturated rings. The molecule has 0 bridgehead atoms. The van der Waals surface area contributed by atoms with Gasteiger partial charge in [0.2, 0.25) is 0 Å². The number of alkyl halides is 3. The van der Waals surface area contributed by atoms with Crippen molar-refractivity contribution < 1.29 is 13.2 Å². The van der Waals surface area contributed by atoms with Crippen molar-refractivity contribution in [2.45, 2.75) is 32.0 Å². The molecule has 0 amide bonds. The monoisotopic (exact) mass is 210 g/mol. The van der Waals surface area contributed by atoms with Gasteiger partial charge in [-0.2, -0.15) is 13.2 Å². The number of halogens is 3. The van der Waals surface area contributed by atoms with Crippen LogP contribution >= 0.6 is 0 Å². The van der Waals surface area contributed by atoms with Crippen LogP contribution in [0.3, 0.4) is 0 Å². The second-order valence-corrected chi connectivity index (χ2v) is 3.86. The smallest absolute Gasteiger partial charge is 0.316 e. The van der Waals surface area contributed by atoms with E-state index in [9.17, 15) is 13.2 Å². The van der Waals surface area contributed by atoms with Crippen molar-refractivity contribution in [1.29, 1.82) is 0 Å². The molecule has 2 atom stereocenters. The summed E-state index contributed by atoms with van der Waals surface area (Å²) in [7, 11) is 0. The molecule has 1 aliphatic rings. The first-order valence-corrected chi connectivity index (χ1v) is 5.00. The van der Waals surface area contributed by atoms with E-state index in [1.807, 2.05) is 0 Å². The Labute approximate surface area is 82.2 Å². The van der Waals surface area contributed by atoms with Gasteiger partial charge in [0.05, 0.1) is 6.42 Å². The topological polar surface area (TPSA) is 24.1 Å². The van der Waals surface area contributed by atoms with E-state index >= 15 is 0 Å². The van der Waals surface area contributed by atoms with E-state index in [0.29, 0.717) is 18.5 Å². The van der Waals surface area contributed by atoms with Gasteiger partial charge < -0.3 is 10.6 Å². The lowest BCUT2D eigenvalue weighted by molar-refractivity contribution is -0.133. The summed E-state index contributed by atoms with van der Waals surface area (Å²) in [6.07, 6.45) is -3.71. The maximum Gasteiger partial charge on any atom is 0.390 e. The van der Waals surface area contributed by atoms with Gasteiger partial charge in [0, 0.05) is 12.6 Å². The Morgan fingerprint density at radius 1 is 1.43 bits per heavy atom. The number of hydrogen-bond acceptors (Lipinski definition) is 2. The quantitative estimate of drug-likeness (QED) is 0.687. The van der Waals surface area contributed by atoms with Crippen molar-refractivity contribution in [3.05, 3.63) is 0 Å². The maximum absolute atomic E-state index is 11.8. The highest BCUT2D eigenvalue weighted by molar-refractivity contribution is 4.81. The predicted molar refractivity (Wildman–Crippen MR) is 49.1 cm³/mol. The lowest BCUT2D eigenvalue weighted by atomic mass is 10.0. The van der Waals surface area contributed by atoms with Crippen LogP contribution in [-0.2, 0) is 0 Å². The van der Waals surface area contributed by atoms with Crippen LogP contribution in [0.1, 0.15) is 19.8 Å². The minimum atomic E-state index is -4.04. The van der Waals surface area contributed by atoms with E-state index in [4.69, 9.17) is 0 Å². The average Bonchev–Trinajstić information content (AvgIpc) is 2.44. The molecule has 2 unspecified atom stereocenters. The Balaban J connectivity index is 2.04. The lowest BCUT2D eigenvalue weighted by Gasteiger charge is -2.16. The molecule has 0 aromatic rings. The largest absolute Gasteiger partial charge is 0.390 e. The Morgan fingerprint density at radius 3 is 2.64 bits per heavy atom. The Hall–Kier alpha value is -0.290. The van der Waals surface area contributed by atoms with Gasteiger partial charge in [-0.3, -0.25) is 0 Å². The highest BCUT2D eigenvalue weighted by Crippen LogP contribution is 2.18. The summed E-state index contributed by atoms with van der Waals surface area (Å²) in [5, 5.41) is 6.12. The van der Waals surface area contributed by atoms with Crippen molar-refractivity contribution in [2.75, 3.05) is 19.6 Å². The van der Waals surface area contributed by atoms with Crippen LogP contribution < -0.4 is 10.6 Å². The van der Waals surface area contributed by atoms with Gasteiger partial charge in [-0.05, 0) is 32.4 Å². The van der Waals surface area contributed by atoms with Crippen LogP contribution in [0.25, 0.3) is 0 Å². The summed E-state index contributed by atoms with van der Waals surface area (Å²) in [6, 6.07) is 0.424. The molecule has 0 aromatic carbocycles. The average molecular weight is 210 g/mol. The van der Waals surface area contributed by atoms with Crippen LogP contribution in [0.4, 0.5) is 13.2 Å². The molecule has 0 aromatic heterocycles. The highest BCUT2D eigenvalue weighted by Gasteiger charge is 2.27. The first-order valence-electron chi connectivity index (χ1n) is 5.00. The van der Waals surface area contributed by atoms with E-state index in [0.717, 1.165) is 13.0 Å². The maximum atomic E-state index is 11.8. The van der Waals surface area contributed by atoms with Gasteiger partial charge in [0.15, 0.2) is 0 Å².